The van der Waals surface area contributed by atoms with Crippen LogP contribution in [0.4, 0.5) is 5.95 Å². The molecule has 2 rings (SSSR count). The van der Waals surface area contributed by atoms with Crippen LogP contribution in [0.3, 0.4) is 0 Å². The first-order valence-electron chi connectivity index (χ1n) is 6.86. The number of aromatic nitrogens is 3. The van der Waals surface area contributed by atoms with Crippen LogP contribution in [0.5, 0.6) is 0 Å². The molecule has 0 aliphatic carbocycles. The summed E-state index contributed by atoms with van der Waals surface area (Å²) in [5.74, 6) is 0.356. The van der Waals surface area contributed by atoms with Crippen LogP contribution in [0.15, 0.2) is 0 Å². The van der Waals surface area contributed by atoms with Crippen LogP contribution in [0, 0.1) is 5.92 Å². The number of likely N-dealkylation sites (tertiary alicyclic amines) is 1. The van der Waals surface area contributed by atoms with Gasteiger partial charge in [-0.3, -0.25) is 14.7 Å². The molecule has 0 radical (unpaired) electrons. The van der Waals surface area contributed by atoms with Crippen molar-refractivity contribution in [3.63, 3.8) is 0 Å². The maximum absolute atomic E-state index is 12.0. The molecule has 1 aliphatic heterocycles. The van der Waals surface area contributed by atoms with Crippen molar-refractivity contribution in [2.75, 3.05) is 32.4 Å². The van der Waals surface area contributed by atoms with Gasteiger partial charge in [0.15, 0.2) is 0 Å². The molecule has 1 amide bonds. The second-order valence-electron chi connectivity index (χ2n) is 5.01. The van der Waals surface area contributed by atoms with E-state index in [2.05, 4.69) is 20.5 Å². The van der Waals surface area contributed by atoms with Crippen molar-refractivity contribution in [3.05, 3.63) is 5.82 Å². The first kappa shape index (κ1) is 17.9. The molecular formula is C12H22N6O4. The lowest BCUT2D eigenvalue weighted by atomic mass is 9.94. The first-order valence-corrected chi connectivity index (χ1v) is 6.86. The lowest BCUT2D eigenvalue weighted by Crippen LogP contribution is -2.49. The topological polar surface area (TPSA) is 157 Å². The minimum absolute atomic E-state index is 0.119. The highest BCUT2D eigenvalue weighted by atomic mass is 16.3. The molecule has 1 aliphatic rings. The summed E-state index contributed by atoms with van der Waals surface area (Å²) >= 11 is 0. The standard InChI is InChI=1S/C11H20N6O2.CH2O2/c1-17-5-3-8(18)7(6-17)10(19)13-4-2-9-14-11(12)16-15-9;2-1-3/h7-8,18H,2-6H2,1H3,(H,13,19)(H3,12,14,15,16);1H,(H,2,3)/t7-,8+;/m1./s1. The van der Waals surface area contributed by atoms with Crippen molar-refractivity contribution in [2.45, 2.75) is 18.9 Å². The Morgan fingerprint density at radius 2 is 2.32 bits per heavy atom. The van der Waals surface area contributed by atoms with Gasteiger partial charge >= 0.3 is 0 Å². The number of nitrogen functional groups attached to an aromatic ring is 1. The van der Waals surface area contributed by atoms with Gasteiger partial charge in [-0.25, -0.2) is 0 Å². The monoisotopic (exact) mass is 314 g/mol. The van der Waals surface area contributed by atoms with E-state index in [1.54, 1.807) is 0 Å². The third-order valence-corrected chi connectivity index (χ3v) is 3.33. The van der Waals surface area contributed by atoms with Crippen LogP contribution in [0.2, 0.25) is 0 Å². The predicted octanol–water partition coefficient (Wildman–Crippen LogP) is -1.94. The Morgan fingerprint density at radius 3 is 2.91 bits per heavy atom. The molecule has 0 unspecified atom stereocenters. The number of aromatic amines is 1. The van der Waals surface area contributed by atoms with Gasteiger partial charge in [-0.15, -0.1) is 5.10 Å². The summed E-state index contributed by atoms with van der Waals surface area (Å²) in [5.41, 5.74) is 5.38. The number of carboxylic acid groups (broad SMARTS) is 1. The van der Waals surface area contributed by atoms with Crippen molar-refractivity contribution in [3.8, 4) is 0 Å². The number of nitrogens with two attached hydrogens (primary N) is 1. The molecule has 0 bridgehead atoms. The number of H-pyrrole nitrogens is 1. The van der Waals surface area contributed by atoms with E-state index in [0.717, 1.165) is 6.54 Å². The Hall–Kier alpha value is -2.20. The van der Waals surface area contributed by atoms with Gasteiger partial charge in [-0.1, -0.05) is 0 Å². The predicted molar refractivity (Wildman–Crippen MR) is 77.8 cm³/mol. The van der Waals surface area contributed by atoms with Crippen LogP contribution in [-0.2, 0) is 16.0 Å². The zero-order valence-corrected chi connectivity index (χ0v) is 12.4. The van der Waals surface area contributed by atoms with E-state index in [-0.39, 0.29) is 24.2 Å². The third-order valence-electron chi connectivity index (χ3n) is 3.33. The SMILES string of the molecule is CN1CC[C@H](O)[C@H](C(=O)NCCc2nc(N)n[nH]2)C1.O=CO. The van der Waals surface area contributed by atoms with Gasteiger partial charge in [0.05, 0.1) is 12.0 Å². The Bertz CT molecular complexity index is 480. The summed E-state index contributed by atoms with van der Waals surface area (Å²) in [4.78, 5) is 26.3. The highest BCUT2D eigenvalue weighted by Crippen LogP contribution is 2.15. The number of rotatable bonds is 4. The zero-order valence-electron chi connectivity index (χ0n) is 12.4. The second kappa shape index (κ2) is 8.95. The summed E-state index contributed by atoms with van der Waals surface area (Å²) in [6.45, 7) is 1.60. The first-order chi connectivity index (χ1) is 10.5. The van der Waals surface area contributed by atoms with Crippen molar-refractivity contribution in [2.24, 2.45) is 5.92 Å². The van der Waals surface area contributed by atoms with Gasteiger partial charge in [0.1, 0.15) is 5.82 Å². The number of hydrogen-bond donors (Lipinski definition) is 5. The fourth-order valence-electron chi connectivity index (χ4n) is 2.22. The lowest BCUT2D eigenvalue weighted by molar-refractivity contribution is -0.131. The van der Waals surface area contributed by atoms with Crippen LogP contribution in [0.25, 0.3) is 0 Å². The second-order valence-corrected chi connectivity index (χ2v) is 5.01. The number of amides is 1. The number of aliphatic hydroxyl groups excluding tert-OH is 1. The number of aliphatic hydroxyl groups is 1. The summed E-state index contributed by atoms with van der Waals surface area (Å²) in [6, 6.07) is 0. The zero-order chi connectivity index (χ0) is 16.5. The minimum atomic E-state index is -0.558. The quantitative estimate of drug-likeness (QED) is 0.402. The molecule has 0 spiro atoms. The highest BCUT2D eigenvalue weighted by molar-refractivity contribution is 5.79. The van der Waals surface area contributed by atoms with Crippen LogP contribution in [-0.4, -0.2) is 75.5 Å². The smallest absolute Gasteiger partial charge is 0.290 e. The minimum Gasteiger partial charge on any atom is -0.483 e. The Labute approximate surface area is 127 Å². The fraction of sp³-hybridized carbons (Fsp3) is 0.667. The van der Waals surface area contributed by atoms with E-state index in [1.807, 2.05) is 11.9 Å². The van der Waals surface area contributed by atoms with Gasteiger partial charge in [0.25, 0.3) is 6.47 Å². The van der Waals surface area contributed by atoms with Gasteiger partial charge in [0, 0.05) is 26.1 Å². The molecule has 22 heavy (non-hydrogen) atoms. The summed E-state index contributed by atoms with van der Waals surface area (Å²) in [7, 11) is 1.95. The molecule has 1 aromatic rings. The van der Waals surface area contributed by atoms with Crippen LogP contribution in [0.1, 0.15) is 12.2 Å². The summed E-state index contributed by atoms with van der Waals surface area (Å²) < 4.78 is 0. The van der Waals surface area contributed by atoms with Gasteiger partial charge in [0.2, 0.25) is 11.9 Å². The van der Waals surface area contributed by atoms with Crippen molar-refractivity contribution >= 4 is 18.3 Å². The molecule has 124 valence electrons. The average Bonchev–Trinajstić information content (AvgIpc) is 2.88. The maximum Gasteiger partial charge on any atom is 0.290 e. The number of hydrogen-bond acceptors (Lipinski definition) is 7. The van der Waals surface area contributed by atoms with E-state index in [4.69, 9.17) is 15.6 Å². The van der Waals surface area contributed by atoms with Gasteiger partial charge in [-0.2, -0.15) is 4.98 Å². The summed E-state index contributed by atoms with van der Waals surface area (Å²) in [6.07, 6.45) is 0.610. The van der Waals surface area contributed by atoms with Crippen LogP contribution >= 0.6 is 0 Å². The average molecular weight is 314 g/mol. The van der Waals surface area contributed by atoms with E-state index in [0.29, 0.717) is 31.8 Å². The van der Waals surface area contributed by atoms with Crippen molar-refractivity contribution in [1.82, 2.24) is 25.4 Å². The van der Waals surface area contributed by atoms with Gasteiger partial charge in [-0.05, 0) is 13.5 Å². The Balaban J connectivity index is 0.000000745. The molecule has 6 N–H and O–H groups in total. The maximum atomic E-state index is 12.0. The molecule has 2 heterocycles. The summed E-state index contributed by atoms with van der Waals surface area (Å²) in [5, 5.41) is 25.9. The van der Waals surface area contributed by atoms with E-state index >= 15 is 0 Å². The Morgan fingerprint density at radius 1 is 1.64 bits per heavy atom. The van der Waals surface area contributed by atoms with Crippen LogP contribution < -0.4 is 11.1 Å². The number of nitrogens with zero attached hydrogens (tertiary/aromatic N) is 3. The van der Waals surface area contributed by atoms with Gasteiger partial charge < -0.3 is 26.2 Å². The fourth-order valence-corrected chi connectivity index (χ4v) is 2.22. The molecule has 0 saturated carbocycles. The number of carbonyl (C=O) groups excluding carboxylic acids is 1. The lowest BCUT2D eigenvalue weighted by Gasteiger charge is -2.32. The molecule has 1 saturated heterocycles. The number of piperidine rings is 1. The molecular weight excluding hydrogens is 292 g/mol. The largest absolute Gasteiger partial charge is 0.483 e. The normalized spacial score (nSPS) is 21.5. The van der Waals surface area contributed by atoms with Crippen molar-refractivity contribution < 1.29 is 19.8 Å². The molecule has 10 heteroatoms. The number of carbonyl (C=O) groups is 2. The molecule has 2 atom stereocenters. The van der Waals surface area contributed by atoms with E-state index < -0.39 is 6.10 Å². The Kier molecular flexibility index (Phi) is 7.26. The van der Waals surface area contributed by atoms with E-state index in [1.165, 1.54) is 0 Å². The third kappa shape index (κ3) is 5.66. The molecule has 10 nitrogen and oxygen atoms in total. The van der Waals surface area contributed by atoms with Crippen molar-refractivity contribution in [1.29, 1.82) is 0 Å². The molecule has 0 aromatic carbocycles. The molecule has 1 aromatic heterocycles. The van der Waals surface area contributed by atoms with E-state index in [9.17, 15) is 9.90 Å². The number of nitrogens with one attached hydrogen (secondary N) is 2. The highest BCUT2D eigenvalue weighted by Gasteiger charge is 2.31. The molecule has 1 fully saturated rings. The number of anilines is 1.